The van der Waals surface area contributed by atoms with Crippen molar-refractivity contribution in [2.24, 2.45) is 5.92 Å². The number of piperidine rings is 1. The quantitative estimate of drug-likeness (QED) is 0.659. The maximum Gasteiger partial charge on any atom is 0.255 e. The van der Waals surface area contributed by atoms with Gasteiger partial charge in [-0.2, -0.15) is 0 Å². The van der Waals surface area contributed by atoms with Crippen LogP contribution in [0.5, 0.6) is 0 Å². The molecule has 1 saturated carbocycles. The minimum atomic E-state index is -2.35. The van der Waals surface area contributed by atoms with Crippen LogP contribution in [-0.2, 0) is 29.1 Å². The minimum absolute atomic E-state index is 0.0231. The van der Waals surface area contributed by atoms with Crippen LogP contribution in [-0.4, -0.2) is 34.7 Å². The van der Waals surface area contributed by atoms with E-state index < -0.39 is 54.2 Å². The largest absolute Gasteiger partial charge is 0.322 e. The summed E-state index contributed by atoms with van der Waals surface area (Å²) in [6.07, 6.45) is 4.44. The molecule has 2 fully saturated rings. The van der Waals surface area contributed by atoms with Crippen molar-refractivity contribution in [1.29, 1.82) is 0 Å². The minimum Gasteiger partial charge on any atom is -0.322 e. The molecular weight excluding hydrogens is 414 g/mol. The highest BCUT2D eigenvalue weighted by molar-refractivity contribution is 6.05. The van der Waals surface area contributed by atoms with Gasteiger partial charge >= 0.3 is 0 Å². The zero-order chi connectivity index (χ0) is 28.9. The number of hydrogen-bond acceptors (Lipinski definition) is 4. The second-order valence-corrected chi connectivity index (χ2v) is 9.02. The average molecular weight is 453 g/mol. The summed E-state index contributed by atoms with van der Waals surface area (Å²) in [4.78, 5) is 38.4. The van der Waals surface area contributed by atoms with Crippen molar-refractivity contribution < 1.29 is 24.0 Å². The molecule has 0 spiro atoms. The van der Waals surface area contributed by atoms with Gasteiger partial charge in [0.25, 0.3) is 5.91 Å². The van der Waals surface area contributed by atoms with Crippen molar-refractivity contribution in [3.63, 3.8) is 0 Å². The number of benzene rings is 2. The molecule has 0 radical (unpaired) electrons. The van der Waals surface area contributed by atoms with Gasteiger partial charge in [0.1, 0.15) is 6.04 Å². The van der Waals surface area contributed by atoms with E-state index in [9.17, 15) is 14.4 Å². The number of fused-ring (bicyclic) bond motifs is 1. The normalized spacial score (nSPS) is 28.6. The van der Waals surface area contributed by atoms with Crippen LogP contribution < -0.4 is 10.6 Å². The van der Waals surface area contributed by atoms with Crippen molar-refractivity contribution in [3.8, 4) is 0 Å². The van der Waals surface area contributed by atoms with Crippen LogP contribution in [0.15, 0.2) is 48.4 Å². The number of carbonyl (C=O) groups excluding carboxylic acids is 3. The third-order valence-electron chi connectivity index (χ3n) is 6.88. The Labute approximate surface area is 204 Å². The number of amides is 3. The van der Waals surface area contributed by atoms with Gasteiger partial charge in [0.15, 0.2) is 0 Å². The highest BCUT2D eigenvalue weighted by Crippen LogP contribution is 2.31. The lowest BCUT2D eigenvalue weighted by Crippen LogP contribution is -2.52. The molecule has 3 aliphatic rings. The molecule has 5 rings (SSSR count). The summed E-state index contributed by atoms with van der Waals surface area (Å²) in [5.74, 6) is -1.00. The van der Waals surface area contributed by atoms with Crippen LogP contribution in [0.3, 0.4) is 0 Å². The molecule has 3 amide bonds. The smallest absolute Gasteiger partial charge is 0.255 e. The van der Waals surface area contributed by atoms with E-state index >= 15 is 0 Å². The van der Waals surface area contributed by atoms with Crippen molar-refractivity contribution in [2.75, 3.05) is 0 Å². The van der Waals surface area contributed by atoms with E-state index in [0.717, 1.165) is 30.4 Å². The average Bonchev–Trinajstić information content (AvgIpc) is 3.22. The molecule has 2 aliphatic heterocycles. The van der Waals surface area contributed by atoms with Gasteiger partial charge in [-0.15, -0.1) is 0 Å². The number of imide groups is 1. The molecule has 172 valence electrons. The van der Waals surface area contributed by atoms with Crippen LogP contribution >= 0.6 is 0 Å². The predicted octanol–water partition coefficient (Wildman–Crippen LogP) is 3.34. The zero-order valence-corrected chi connectivity index (χ0v) is 18.3. The first-order valence-electron chi connectivity index (χ1n) is 15.0. The lowest BCUT2D eigenvalue weighted by Gasteiger charge is -2.32. The van der Waals surface area contributed by atoms with E-state index in [2.05, 4.69) is 10.6 Å². The molecule has 0 bridgehead atoms. The maximum atomic E-state index is 13.0. The SMILES string of the molecule is [2H]c1c([2H])c([2H])c(C([2H])([2H])N[C@H]2CCCC[C@@H]2Cc2ccc3c(c2)CN(C2CCC(=O)NC2=O)C3=O)c([2H])c1[2H]. The van der Waals surface area contributed by atoms with Gasteiger partial charge < -0.3 is 10.2 Å². The van der Waals surface area contributed by atoms with Gasteiger partial charge in [-0.1, -0.05) is 55.2 Å². The maximum absolute atomic E-state index is 13.0. The lowest BCUT2D eigenvalue weighted by atomic mass is 9.80. The number of carbonyl (C=O) groups is 3. The molecular formula is C27H31N3O3. The highest BCUT2D eigenvalue weighted by atomic mass is 16.2. The Bertz CT molecular complexity index is 1370. The van der Waals surface area contributed by atoms with E-state index in [0.29, 0.717) is 24.8 Å². The highest BCUT2D eigenvalue weighted by Gasteiger charge is 2.39. The van der Waals surface area contributed by atoms with Gasteiger partial charge in [-0.05, 0) is 54.4 Å². The van der Waals surface area contributed by atoms with E-state index in [1.807, 2.05) is 12.1 Å². The number of nitrogens with one attached hydrogen (secondary N) is 2. The van der Waals surface area contributed by atoms with Gasteiger partial charge in [0.05, 0.1) is 6.85 Å². The Balaban J connectivity index is 1.33. The first-order chi connectivity index (χ1) is 18.9. The topological polar surface area (TPSA) is 78.5 Å². The van der Waals surface area contributed by atoms with Gasteiger partial charge in [-0.25, -0.2) is 0 Å². The summed E-state index contributed by atoms with van der Waals surface area (Å²) >= 11 is 0. The lowest BCUT2D eigenvalue weighted by molar-refractivity contribution is -0.136. The summed E-state index contributed by atoms with van der Waals surface area (Å²) in [5.41, 5.74) is 1.91. The molecule has 1 unspecified atom stereocenters. The molecule has 1 saturated heterocycles. The second kappa shape index (κ2) is 9.48. The second-order valence-electron chi connectivity index (χ2n) is 9.02. The van der Waals surface area contributed by atoms with Crippen LogP contribution in [0.2, 0.25) is 0 Å². The van der Waals surface area contributed by atoms with Crippen LogP contribution in [0.1, 0.15) is 75.2 Å². The van der Waals surface area contributed by atoms with E-state index in [1.54, 1.807) is 6.07 Å². The fourth-order valence-electron chi connectivity index (χ4n) is 5.18. The molecule has 6 heteroatoms. The first-order valence-corrected chi connectivity index (χ1v) is 11.5. The Hall–Kier alpha value is -2.99. The van der Waals surface area contributed by atoms with Gasteiger partial charge in [0, 0.05) is 33.8 Å². The molecule has 33 heavy (non-hydrogen) atoms. The standard InChI is InChI=1S/C27H31N3O3/c31-25-13-12-24(26(32)29-25)30-17-21-15-19(10-11-22(21)27(30)33)14-20-8-4-5-9-23(20)28-16-18-6-2-1-3-7-18/h1-3,6-7,10-11,15,20,23-24,28H,4-5,8-9,12-14,16-17H2,(H,29,31,32)/t20-,23+,24?/m1/s1/i1D,2D,3D,6D,7D,16D2. The van der Waals surface area contributed by atoms with E-state index in [4.69, 9.17) is 9.60 Å². The van der Waals surface area contributed by atoms with Crippen molar-refractivity contribution >= 4 is 17.7 Å². The molecule has 6 nitrogen and oxygen atoms in total. The molecule has 2 aromatic rings. The van der Waals surface area contributed by atoms with Crippen LogP contribution in [0.4, 0.5) is 0 Å². The molecule has 1 aliphatic carbocycles. The molecule has 2 heterocycles. The summed E-state index contributed by atoms with van der Waals surface area (Å²) < 4.78 is 57.5. The Kier molecular flexibility index (Phi) is 4.31. The van der Waals surface area contributed by atoms with Crippen molar-refractivity contribution in [3.05, 3.63) is 70.7 Å². The summed E-state index contributed by atoms with van der Waals surface area (Å²) in [6, 6.07) is 1.80. The molecule has 2 aromatic carbocycles. The zero-order valence-electron chi connectivity index (χ0n) is 25.3. The fourth-order valence-corrected chi connectivity index (χ4v) is 5.18. The Morgan fingerprint density at radius 3 is 2.70 bits per heavy atom. The summed E-state index contributed by atoms with van der Waals surface area (Å²) in [5, 5.41) is 5.29. The third-order valence-corrected chi connectivity index (χ3v) is 6.88. The Morgan fingerprint density at radius 1 is 1.06 bits per heavy atom. The van der Waals surface area contributed by atoms with Gasteiger partial charge in [-0.3, -0.25) is 19.7 Å². The van der Waals surface area contributed by atoms with Crippen LogP contribution in [0.25, 0.3) is 0 Å². The van der Waals surface area contributed by atoms with Crippen molar-refractivity contribution in [1.82, 2.24) is 15.5 Å². The number of nitrogens with zero attached hydrogens (tertiary/aromatic N) is 1. The molecule has 3 atom stereocenters. The third kappa shape index (κ3) is 4.71. The van der Waals surface area contributed by atoms with E-state index in [1.165, 1.54) is 4.90 Å². The summed E-state index contributed by atoms with van der Waals surface area (Å²) in [6.45, 7) is -2.07. The molecule has 2 N–H and O–H groups in total. The molecule has 0 aromatic heterocycles. The monoisotopic (exact) mass is 452 g/mol. The predicted molar refractivity (Wildman–Crippen MR) is 125 cm³/mol. The van der Waals surface area contributed by atoms with E-state index in [-0.39, 0.29) is 36.7 Å². The fraction of sp³-hybridized carbons (Fsp3) is 0.444. The number of hydrogen-bond donors (Lipinski definition) is 2. The van der Waals surface area contributed by atoms with Gasteiger partial charge in [0.2, 0.25) is 11.8 Å². The first kappa shape index (κ1) is 15.0. The van der Waals surface area contributed by atoms with Crippen molar-refractivity contribution in [2.45, 2.75) is 70.1 Å². The van der Waals surface area contributed by atoms with Crippen LogP contribution in [0, 0.1) is 5.92 Å². The Morgan fingerprint density at radius 2 is 1.88 bits per heavy atom. The number of rotatable bonds is 6. The summed E-state index contributed by atoms with van der Waals surface area (Å²) in [7, 11) is 0.